The predicted molar refractivity (Wildman–Crippen MR) is 165 cm³/mol. The molecule has 0 aliphatic heterocycles. The maximum absolute atomic E-state index is 13.9. The largest absolute Gasteiger partial charge is 0.505 e. The van der Waals surface area contributed by atoms with Gasteiger partial charge in [-0.25, -0.2) is 4.57 Å². The molecule has 1 aliphatic carbocycles. The van der Waals surface area contributed by atoms with E-state index in [4.69, 9.17) is 0 Å². The number of nitrogens with zero attached hydrogens (tertiary/aromatic N) is 7. The third kappa shape index (κ3) is 6.08. The molecule has 5 rings (SSSR count). The summed E-state index contributed by atoms with van der Waals surface area (Å²) in [6, 6.07) is 11.1. The van der Waals surface area contributed by atoms with E-state index in [-0.39, 0.29) is 34.8 Å². The number of phenolic OH excluding ortho intramolecular Hbond substituents is 1. The molecule has 11 heteroatoms. The van der Waals surface area contributed by atoms with Crippen LogP contribution in [0, 0.1) is 20.8 Å². The smallest absolute Gasteiger partial charge is 0.285 e. The molecule has 0 amide bonds. The summed E-state index contributed by atoms with van der Waals surface area (Å²) in [6.07, 6.45) is 3.67. The van der Waals surface area contributed by atoms with Gasteiger partial charge in [-0.05, 0) is 99.5 Å². The number of aromatic hydroxyl groups is 2. The van der Waals surface area contributed by atoms with Crippen LogP contribution in [0.3, 0.4) is 0 Å². The topological polar surface area (TPSA) is 145 Å². The van der Waals surface area contributed by atoms with Crippen LogP contribution in [0.5, 0.6) is 11.6 Å². The van der Waals surface area contributed by atoms with Crippen molar-refractivity contribution in [2.75, 3.05) is 13.1 Å². The first-order valence-electron chi connectivity index (χ1n) is 15.0. The first kappa shape index (κ1) is 30.1. The van der Waals surface area contributed by atoms with E-state index in [1.165, 1.54) is 4.57 Å². The molecule has 3 N–H and O–H groups in total. The molecule has 226 valence electrons. The SMILES string of the molecule is CCN(CC)Cc1c(C)c(N=Nc2cccc(C3CCCC(c4nn[nH]n4)C3)c2O)c(=O)n(-c2ccc(C)c(C)c2)c1O. The number of azo groups is 1. The molecule has 0 spiro atoms. The zero-order valence-corrected chi connectivity index (χ0v) is 25.5. The monoisotopic (exact) mass is 584 g/mol. The number of rotatable bonds is 9. The van der Waals surface area contributed by atoms with Crippen LogP contribution in [-0.4, -0.2) is 53.4 Å². The van der Waals surface area contributed by atoms with E-state index in [1.807, 2.05) is 44.2 Å². The summed E-state index contributed by atoms with van der Waals surface area (Å²) in [6.45, 7) is 11.9. The third-order valence-corrected chi connectivity index (χ3v) is 8.86. The number of aryl methyl sites for hydroxylation is 2. The molecule has 1 fully saturated rings. The molecule has 2 aromatic heterocycles. The predicted octanol–water partition coefficient (Wildman–Crippen LogP) is 6.39. The van der Waals surface area contributed by atoms with Crippen LogP contribution in [0.1, 0.15) is 85.0 Å². The Bertz CT molecular complexity index is 1680. The second kappa shape index (κ2) is 12.9. The standard InChI is InChI=1S/C32H40N8O3/c1-6-39(7-2)18-26-21(5)28(32(43)40(31(26)42)24-15-14-19(3)20(4)16-24)34-33-27-13-9-12-25(29(27)41)22-10-8-11-23(17-22)30-35-37-38-36-30/h9,12-16,22-23,41-42H,6-8,10-11,17-18H2,1-5H3,(H,35,36,37,38). The van der Waals surface area contributed by atoms with Crippen LogP contribution in [-0.2, 0) is 6.54 Å². The number of tetrazole rings is 1. The number of nitrogens with one attached hydrogen (secondary N) is 1. The fraction of sp³-hybridized carbons (Fsp3) is 0.438. The summed E-state index contributed by atoms with van der Waals surface area (Å²) in [5.41, 5.74) is 4.55. The lowest BCUT2D eigenvalue weighted by atomic mass is 9.77. The van der Waals surface area contributed by atoms with E-state index in [2.05, 4.69) is 49.6 Å². The van der Waals surface area contributed by atoms with Crippen molar-refractivity contribution in [1.82, 2.24) is 30.1 Å². The van der Waals surface area contributed by atoms with Gasteiger partial charge in [-0.1, -0.05) is 43.7 Å². The third-order valence-electron chi connectivity index (χ3n) is 8.86. The minimum absolute atomic E-state index is 0.0549. The second-order valence-electron chi connectivity index (χ2n) is 11.4. The highest BCUT2D eigenvalue weighted by atomic mass is 16.3. The van der Waals surface area contributed by atoms with Gasteiger partial charge in [0.1, 0.15) is 11.4 Å². The van der Waals surface area contributed by atoms with Gasteiger partial charge in [-0.2, -0.15) is 5.21 Å². The van der Waals surface area contributed by atoms with Crippen LogP contribution in [0.2, 0.25) is 0 Å². The molecule has 2 unspecified atom stereocenters. The Morgan fingerprint density at radius 3 is 2.49 bits per heavy atom. The minimum Gasteiger partial charge on any atom is -0.505 e. The van der Waals surface area contributed by atoms with Gasteiger partial charge in [0, 0.05) is 18.0 Å². The first-order chi connectivity index (χ1) is 20.7. The number of pyridine rings is 1. The van der Waals surface area contributed by atoms with E-state index >= 15 is 0 Å². The Kier molecular flexibility index (Phi) is 9.00. The summed E-state index contributed by atoms with van der Waals surface area (Å²) in [5.74, 6) is 0.915. The summed E-state index contributed by atoms with van der Waals surface area (Å²) >= 11 is 0. The quantitative estimate of drug-likeness (QED) is 0.193. The van der Waals surface area contributed by atoms with Gasteiger partial charge < -0.3 is 10.2 Å². The average molecular weight is 585 g/mol. The lowest BCUT2D eigenvalue weighted by Crippen LogP contribution is -2.26. The van der Waals surface area contributed by atoms with Crippen molar-refractivity contribution in [2.24, 2.45) is 10.2 Å². The fourth-order valence-corrected chi connectivity index (χ4v) is 6.00. The highest BCUT2D eigenvalue weighted by Gasteiger charge is 2.29. The molecule has 2 aromatic carbocycles. The van der Waals surface area contributed by atoms with Crippen molar-refractivity contribution in [3.8, 4) is 17.3 Å². The van der Waals surface area contributed by atoms with E-state index in [0.29, 0.717) is 29.2 Å². The van der Waals surface area contributed by atoms with Crippen LogP contribution >= 0.6 is 0 Å². The number of hydrogen-bond acceptors (Lipinski definition) is 9. The van der Waals surface area contributed by atoms with Crippen molar-refractivity contribution < 1.29 is 10.2 Å². The maximum atomic E-state index is 13.9. The molecule has 43 heavy (non-hydrogen) atoms. The molecule has 0 radical (unpaired) electrons. The number of para-hydroxylation sites is 1. The maximum Gasteiger partial charge on any atom is 0.285 e. The second-order valence-corrected chi connectivity index (χ2v) is 11.4. The van der Waals surface area contributed by atoms with Gasteiger partial charge in [0.25, 0.3) is 5.56 Å². The van der Waals surface area contributed by atoms with Crippen LogP contribution in [0.25, 0.3) is 5.69 Å². The van der Waals surface area contributed by atoms with E-state index in [9.17, 15) is 15.0 Å². The minimum atomic E-state index is -0.476. The Hall–Kier alpha value is -4.38. The van der Waals surface area contributed by atoms with Gasteiger partial charge in [-0.15, -0.1) is 20.4 Å². The Morgan fingerprint density at radius 1 is 1.02 bits per heavy atom. The van der Waals surface area contributed by atoms with Crippen LogP contribution in [0.4, 0.5) is 11.4 Å². The number of H-pyrrole nitrogens is 1. The van der Waals surface area contributed by atoms with Gasteiger partial charge in [0.15, 0.2) is 11.5 Å². The lowest BCUT2D eigenvalue weighted by Gasteiger charge is -2.28. The number of aromatic nitrogens is 5. The van der Waals surface area contributed by atoms with Gasteiger partial charge in [0.05, 0.1) is 5.69 Å². The number of benzene rings is 2. The molecule has 1 aliphatic rings. The van der Waals surface area contributed by atoms with Gasteiger partial charge in [0.2, 0.25) is 5.88 Å². The number of aromatic amines is 1. The Morgan fingerprint density at radius 2 is 1.79 bits per heavy atom. The number of hydrogen-bond donors (Lipinski definition) is 3. The average Bonchev–Trinajstić information content (AvgIpc) is 3.55. The normalized spacial score (nSPS) is 17.3. The highest BCUT2D eigenvalue weighted by molar-refractivity contribution is 5.58. The van der Waals surface area contributed by atoms with Crippen molar-refractivity contribution in [2.45, 2.75) is 78.7 Å². The van der Waals surface area contributed by atoms with E-state index < -0.39 is 5.56 Å². The number of phenols is 1. The fourth-order valence-electron chi connectivity index (χ4n) is 6.00. The molecule has 11 nitrogen and oxygen atoms in total. The van der Waals surface area contributed by atoms with Crippen molar-refractivity contribution in [3.05, 3.63) is 80.4 Å². The molecule has 0 saturated heterocycles. The zero-order chi connectivity index (χ0) is 30.7. The van der Waals surface area contributed by atoms with Gasteiger partial charge >= 0.3 is 0 Å². The van der Waals surface area contributed by atoms with E-state index in [1.54, 1.807) is 13.0 Å². The molecular weight excluding hydrogens is 544 g/mol. The molecule has 2 heterocycles. The zero-order valence-electron chi connectivity index (χ0n) is 25.5. The first-order valence-corrected chi connectivity index (χ1v) is 15.0. The Balaban J connectivity index is 1.55. The van der Waals surface area contributed by atoms with Crippen molar-refractivity contribution >= 4 is 11.4 Å². The Labute approximate surface area is 251 Å². The summed E-state index contributed by atoms with van der Waals surface area (Å²) in [7, 11) is 0. The summed E-state index contributed by atoms with van der Waals surface area (Å²) in [4.78, 5) is 16.1. The van der Waals surface area contributed by atoms with Crippen LogP contribution < -0.4 is 5.56 Å². The lowest BCUT2D eigenvalue weighted by molar-refractivity contribution is 0.287. The summed E-state index contributed by atoms with van der Waals surface area (Å²) < 4.78 is 1.31. The van der Waals surface area contributed by atoms with E-state index in [0.717, 1.165) is 55.5 Å². The molecular formula is C32H40N8O3. The molecule has 2 atom stereocenters. The van der Waals surface area contributed by atoms with Crippen molar-refractivity contribution in [3.63, 3.8) is 0 Å². The molecule has 0 bridgehead atoms. The highest BCUT2D eigenvalue weighted by Crippen LogP contribution is 2.45. The van der Waals surface area contributed by atoms with Crippen LogP contribution in [0.15, 0.2) is 51.4 Å². The van der Waals surface area contributed by atoms with Gasteiger partial charge in [-0.3, -0.25) is 9.69 Å². The molecule has 1 saturated carbocycles. The summed E-state index contributed by atoms with van der Waals surface area (Å²) in [5, 5.41) is 46.2. The molecule has 4 aromatic rings. The van der Waals surface area contributed by atoms with Crippen molar-refractivity contribution in [1.29, 1.82) is 0 Å².